The van der Waals surface area contributed by atoms with Crippen molar-refractivity contribution < 1.29 is 34.2 Å². The number of aromatic hydroxyl groups is 3. The third-order valence-corrected chi connectivity index (χ3v) is 18.9. The Labute approximate surface area is 682 Å². The van der Waals surface area contributed by atoms with Gasteiger partial charge in [0.25, 0.3) is 0 Å². The van der Waals surface area contributed by atoms with Crippen molar-refractivity contribution in [3.8, 4) is 17.2 Å². The second-order valence-corrected chi connectivity index (χ2v) is 40.0. The van der Waals surface area contributed by atoms with Crippen LogP contribution in [0.4, 0.5) is 0 Å². The Morgan fingerprint density at radius 1 is 0.446 bits per heavy atom. The van der Waals surface area contributed by atoms with Crippen LogP contribution in [0.3, 0.4) is 0 Å². The molecule has 7 unspecified atom stereocenters. The minimum Gasteiger partial charge on any atom is -0.508 e. The van der Waals surface area contributed by atoms with Crippen LogP contribution in [0, 0.1) is 43.3 Å². The monoisotopic (exact) mass is 1550 g/mol. The molecule has 0 bridgehead atoms. The van der Waals surface area contributed by atoms with E-state index in [1.807, 2.05) is 43.4 Å². The Bertz CT molecular complexity index is 3460. The number of phenolic OH excluding ortho intramolecular Hbond substituents is 3. The molecule has 16 N–H and O–H groups in total. The highest BCUT2D eigenvalue weighted by molar-refractivity contribution is 5.78. The van der Waals surface area contributed by atoms with Gasteiger partial charge in [-0.1, -0.05) is 300 Å². The molecule has 17 heteroatoms. The Hall–Kier alpha value is -7.80. The zero-order valence-corrected chi connectivity index (χ0v) is 75.9. The Balaban J connectivity index is 0. The van der Waals surface area contributed by atoms with Gasteiger partial charge < -0.3 is 69.3 Å². The molecule has 17 nitrogen and oxygen atoms in total. The Morgan fingerprint density at radius 3 is 1.04 bits per heavy atom. The summed E-state index contributed by atoms with van der Waals surface area (Å²) in [5.41, 5.74) is 36.0. The van der Waals surface area contributed by atoms with Crippen LogP contribution in [0.15, 0.2) is 169 Å². The lowest BCUT2D eigenvalue weighted by molar-refractivity contribution is -0.903. The number of quaternary nitrogens is 1. The summed E-state index contributed by atoms with van der Waals surface area (Å²) < 4.78 is 1.01. The van der Waals surface area contributed by atoms with E-state index < -0.39 is 0 Å². The summed E-state index contributed by atoms with van der Waals surface area (Å²) >= 11 is 0. The first-order chi connectivity index (χ1) is 51.0. The van der Waals surface area contributed by atoms with Gasteiger partial charge in [0.05, 0.1) is 39.8 Å². The van der Waals surface area contributed by atoms with Crippen molar-refractivity contribution in [1.82, 2.24) is 20.9 Å². The smallest absolute Gasteiger partial charge is 0.233 e. The number of nitrogens with zero attached hydrogens (tertiary/aromatic N) is 3. The van der Waals surface area contributed by atoms with Gasteiger partial charge in [-0.25, -0.2) is 4.99 Å². The van der Waals surface area contributed by atoms with Crippen molar-refractivity contribution in [3.05, 3.63) is 197 Å². The van der Waals surface area contributed by atoms with Gasteiger partial charge in [0.2, 0.25) is 18.2 Å². The molecular weight excluding hydrogens is 1390 g/mol. The van der Waals surface area contributed by atoms with E-state index in [4.69, 9.17) is 28.7 Å². The highest BCUT2D eigenvalue weighted by atomic mass is 16.3. The normalized spacial score (nSPS) is 13.7. The van der Waals surface area contributed by atoms with E-state index in [-0.39, 0.29) is 87.4 Å². The lowest BCUT2D eigenvalue weighted by atomic mass is 9.81. The van der Waals surface area contributed by atoms with E-state index in [2.05, 4.69) is 325 Å². The number of phenols is 3. The van der Waals surface area contributed by atoms with Crippen molar-refractivity contribution in [2.75, 3.05) is 48.8 Å². The number of amides is 3. The SMILES string of the molecule is CC(C)(C)C.CC(C)(C)C(Cc1ccc(O)cc1)N=C(N)N.CC(C)(C)C(Cc1ccc(O)cc1)NC(=O)CN.CC(C)(C)C(Cc1ccc(O)cc1)NC=O.CC(C)(C)C(Cc1ccccc1)[N+](C)(C)C.CC(C)(C)C(N)CCC(N)=O.CN(C)C(Cc1ccccc1)C(C)(C)C.CNC(Cc1ccccc1)C(C)(C)C. The third kappa shape index (κ3) is 51.8. The van der Waals surface area contributed by atoms with Crippen molar-refractivity contribution in [3.63, 3.8) is 0 Å². The summed E-state index contributed by atoms with van der Waals surface area (Å²) in [5, 5.41) is 36.8. The molecule has 0 aromatic heterocycles. The van der Waals surface area contributed by atoms with Crippen LogP contribution in [-0.2, 0) is 52.9 Å². The molecular formula is C95H162N11O6+. The van der Waals surface area contributed by atoms with Crippen molar-refractivity contribution in [1.29, 1.82) is 0 Å². The van der Waals surface area contributed by atoms with Gasteiger partial charge in [-0.3, -0.25) is 14.4 Å². The summed E-state index contributed by atoms with van der Waals surface area (Å²) in [6.07, 6.45) is 7.42. The predicted octanol–water partition coefficient (Wildman–Crippen LogP) is 17.2. The number of aliphatic imine (C=N–C) groups is 1. The van der Waals surface area contributed by atoms with E-state index in [9.17, 15) is 29.7 Å². The minimum absolute atomic E-state index is 0.00214. The molecule has 0 aliphatic carbocycles. The van der Waals surface area contributed by atoms with Crippen LogP contribution in [0.25, 0.3) is 0 Å². The van der Waals surface area contributed by atoms with E-state index in [0.29, 0.717) is 52.6 Å². The van der Waals surface area contributed by atoms with Gasteiger partial charge >= 0.3 is 0 Å². The highest BCUT2D eigenvalue weighted by Gasteiger charge is 2.36. The lowest BCUT2D eigenvalue weighted by Gasteiger charge is -2.42. The van der Waals surface area contributed by atoms with Gasteiger partial charge in [0.15, 0.2) is 5.96 Å². The molecule has 112 heavy (non-hydrogen) atoms. The van der Waals surface area contributed by atoms with Crippen LogP contribution >= 0.6 is 0 Å². The van der Waals surface area contributed by atoms with E-state index in [1.54, 1.807) is 36.4 Å². The molecule has 0 radical (unpaired) electrons. The number of primary amides is 1. The molecule has 0 fully saturated rings. The maximum Gasteiger partial charge on any atom is 0.233 e. The molecule has 0 spiro atoms. The van der Waals surface area contributed by atoms with Crippen LogP contribution in [0.5, 0.6) is 17.2 Å². The molecule has 632 valence electrons. The fraction of sp³-hybridized carbons (Fsp3) is 0.579. The zero-order valence-electron chi connectivity index (χ0n) is 75.9. The van der Waals surface area contributed by atoms with Crippen LogP contribution in [0.2, 0.25) is 0 Å². The quantitative estimate of drug-likeness (QED) is 0.0124. The van der Waals surface area contributed by atoms with Gasteiger partial charge in [-0.05, 0) is 167 Å². The summed E-state index contributed by atoms with van der Waals surface area (Å²) in [6, 6.07) is 55.3. The van der Waals surface area contributed by atoms with Gasteiger partial charge in [-0.2, -0.15) is 0 Å². The fourth-order valence-corrected chi connectivity index (χ4v) is 11.9. The Morgan fingerprint density at radius 2 is 0.768 bits per heavy atom. The maximum atomic E-state index is 11.4. The van der Waals surface area contributed by atoms with Crippen molar-refractivity contribution in [2.45, 2.75) is 267 Å². The number of likely N-dealkylation sites (N-methyl/N-ethyl adjacent to an activating group) is 3. The summed E-state index contributed by atoms with van der Waals surface area (Å²) in [6.45, 7) is 54.5. The molecule has 6 rings (SSSR count). The van der Waals surface area contributed by atoms with Crippen LogP contribution in [-0.4, -0.2) is 140 Å². The van der Waals surface area contributed by atoms with E-state index in [1.165, 1.54) is 16.7 Å². The maximum absolute atomic E-state index is 11.4. The fourth-order valence-electron chi connectivity index (χ4n) is 11.9. The average Bonchev–Trinajstić information content (AvgIpc) is 0.830. The van der Waals surface area contributed by atoms with Crippen molar-refractivity contribution >= 4 is 24.2 Å². The van der Waals surface area contributed by atoms with Crippen LogP contribution < -0.4 is 44.6 Å². The van der Waals surface area contributed by atoms with Gasteiger partial charge in [0.1, 0.15) is 17.2 Å². The third-order valence-electron chi connectivity index (χ3n) is 18.9. The number of nitrogens with one attached hydrogen (secondary N) is 3. The lowest BCUT2D eigenvalue weighted by Crippen LogP contribution is -2.53. The Kier molecular flexibility index (Phi) is 47.2. The molecule has 7 atom stereocenters. The number of hydrogen-bond acceptors (Lipinski definition) is 11. The zero-order chi connectivity index (χ0) is 87.0. The van der Waals surface area contributed by atoms with Gasteiger partial charge in [-0.15, -0.1) is 0 Å². The molecule has 0 saturated heterocycles. The number of carbonyl (C=O) groups excluding carboxylic acids is 3. The molecule has 0 aliphatic rings. The highest BCUT2D eigenvalue weighted by Crippen LogP contribution is 2.32. The number of benzene rings is 6. The molecule has 0 aliphatic heterocycles. The first-order valence-corrected chi connectivity index (χ1v) is 40.0. The molecule has 3 amide bonds. The topological polar surface area (TPSA) is 294 Å². The number of rotatable bonds is 23. The molecule has 0 heterocycles. The first-order valence-electron chi connectivity index (χ1n) is 40.0. The van der Waals surface area contributed by atoms with Gasteiger partial charge in [0, 0.05) is 48.5 Å². The molecule has 6 aromatic rings. The number of guanidine groups is 1. The van der Waals surface area contributed by atoms with E-state index >= 15 is 0 Å². The van der Waals surface area contributed by atoms with Crippen LogP contribution in [0.1, 0.15) is 219 Å². The molecule has 0 saturated carbocycles. The average molecular weight is 1550 g/mol. The second kappa shape index (κ2) is 49.7. The predicted molar refractivity (Wildman–Crippen MR) is 479 cm³/mol. The number of carbonyl (C=O) groups is 3. The standard InChI is InChI=1S/C15H26N.C14H22N2O2.C14H23N.C13H21N3O.C13H19NO2.C13H21N.C8H18N2O.C5H12/c1-15(2,3)14(16(4,5)6)12-13-10-8-7-9-11-13;1-14(2,3)12(16-13(18)9-15)8-10-4-6-11(17)7-5-10;1-14(2,3)13(15(4)5)11-12-9-7-6-8-10-12;1-13(2,3)11(16-12(14)15)8-9-4-6-10(17)7-5-9;1-13(2,3)12(14-9-15)8-10-4-6-11(16)7-5-10;1-13(2,3)12(14-4)10-11-8-6-5-7-9-11;1-8(2,3)6(9)4-5-7(10)11;1-5(2,3)4/h7-11,14H,12H2,1-6H3;4-7,12,17H,8-9,15H2,1-3H3,(H,16,18);6-10,13H,11H2,1-5H3;4-7,11,17H,8H2,1-3H3,(H4,14,15,16);4-7,9,12,16H,8H2,1-3H3,(H,14,15);5-9,12,14H,10H2,1-4H3;6H,4-5,9H2,1-3H3,(H2,10,11);1-4H3/q+1;;;;;;;. The first kappa shape index (κ1) is 106. The molecule has 6 aromatic carbocycles. The number of nitrogens with two attached hydrogens (primary N) is 5. The largest absolute Gasteiger partial charge is 0.508 e. The minimum atomic E-state index is -0.273. The summed E-state index contributed by atoms with van der Waals surface area (Å²) in [7, 11) is 13.2. The van der Waals surface area contributed by atoms with Crippen molar-refractivity contribution in [2.24, 2.45) is 77.0 Å². The van der Waals surface area contributed by atoms with E-state index in [0.717, 1.165) is 66.1 Å². The summed E-state index contributed by atoms with van der Waals surface area (Å²) in [4.78, 5) is 39.0. The number of hydrogen-bond donors (Lipinski definition) is 11. The summed E-state index contributed by atoms with van der Waals surface area (Å²) in [5.74, 6) is 0.474. The second-order valence-electron chi connectivity index (χ2n) is 40.0.